The zero-order valence-corrected chi connectivity index (χ0v) is 18.6. The van der Waals surface area contributed by atoms with Gasteiger partial charge in [0, 0.05) is 14.1 Å². The fraction of sp³-hybridized carbons (Fsp3) is 0.360. The number of benzene rings is 2. The SMILES string of the molecule is Cc1ccccc1[C@@H]1OC2(C[C@@H]3C(=CO2)C(=O)N(C)C(=O)N3C)O[C@H]1c1ccccc1C. The number of hydrogen-bond donors (Lipinski definition) is 0. The predicted molar refractivity (Wildman–Crippen MR) is 116 cm³/mol. The second kappa shape index (κ2) is 7.46. The lowest BCUT2D eigenvalue weighted by Crippen LogP contribution is -2.59. The van der Waals surface area contributed by atoms with Crippen molar-refractivity contribution >= 4 is 11.9 Å². The van der Waals surface area contributed by atoms with Crippen molar-refractivity contribution in [2.45, 2.75) is 44.5 Å². The second-order valence-electron chi connectivity index (χ2n) is 8.64. The molecule has 3 heterocycles. The number of likely N-dealkylation sites (N-methyl/N-ethyl adjacent to an activating group) is 2. The standard InChI is InChI=1S/C25H26N2O5/c1-15-9-5-7-11-17(15)21-22(18-12-8-6-10-16(18)2)32-25(31-21)13-20-19(14-30-25)23(28)27(4)24(29)26(20)3/h5-12,14,20-22H,13H2,1-4H3/t20-,21+,22+/m1/s1. The highest BCUT2D eigenvalue weighted by atomic mass is 16.9. The van der Waals surface area contributed by atoms with Crippen molar-refractivity contribution in [2.75, 3.05) is 14.1 Å². The van der Waals surface area contributed by atoms with Crippen LogP contribution in [0.25, 0.3) is 0 Å². The van der Waals surface area contributed by atoms with Gasteiger partial charge in [0.1, 0.15) is 18.5 Å². The molecule has 0 aliphatic carbocycles. The maximum absolute atomic E-state index is 12.6. The molecule has 2 fully saturated rings. The molecule has 7 heteroatoms. The third-order valence-electron chi connectivity index (χ3n) is 6.65. The summed E-state index contributed by atoms with van der Waals surface area (Å²) in [6.45, 7) is 4.08. The van der Waals surface area contributed by atoms with Crippen LogP contribution in [0.1, 0.15) is 40.9 Å². The first kappa shape index (κ1) is 20.7. The summed E-state index contributed by atoms with van der Waals surface area (Å²) in [6.07, 6.45) is 0.779. The Morgan fingerprint density at radius 2 is 1.41 bits per heavy atom. The second-order valence-corrected chi connectivity index (χ2v) is 8.64. The van der Waals surface area contributed by atoms with E-state index in [9.17, 15) is 9.59 Å². The van der Waals surface area contributed by atoms with Crippen molar-refractivity contribution in [3.63, 3.8) is 0 Å². The summed E-state index contributed by atoms with van der Waals surface area (Å²) in [5.41, 5.74) is 4.62. The first-order valence-corrected chi connectivity index (χ1v) is 10.7. The molecule has 3 aliphatic heterocycles. The van der Waals surface area contributed by atoms with Gasteiger partial charge in [-0.25, -0.2) is 4.79 Å². The zero-order chi connectivity index (χ0) is 22.6. The van der Waals surface area contributed by atoms with Crippen molar-refractivity contribution in [3.8, 4) is 0 Å². The zero-order valence-electron chi connectivity index (χ0n) is 18.6. The number of rotatable bonds is 2. The van der Waals surface area contributed by atoms with E-state index in [1.807, 2.05) is 62.4 Å². The van der Waals surface area contributed by atoms with Gasteiger partial charge in [-0.2, -0.15) is 0 Å². The Morgan fingerprint density at radius 1 is 0.875 bits per heavy atom. The summed E-state index contributed by atoms with van der Waals surface area (Å²) < 4.78 is 19.0. The van der Waals surface area contributed by atoms with Crippen molar-refractivity contribution in [2.24, 2.45) is 0 Å². The molecule has 0 unspecified atom stereocenters. The van der Waals surface area contributed by atoms with Crippen LogP contribution in [-0.4, -0.2) is 47.8 Å². The monoisotopic (exact) mass is 434 g/mol. The third-order valence-corrected chi connectivity index (χ3v) is 6.65. The Kier molecular flexibility index (Phi) is 4.83. The van der Waals surface area contributed by atoms with Crippen LogP contribution in [0.15, 0.2) is 60.4 Å². The van der Waals surface area contributed by atoms with Gasteiger partial charge in [-0.15, -0.1) is 0 Å². The Morgan fingerprint density at radius 3 is 1.94 bits per heavy atom. The quantitative estimate of drug-likeness (QED) is 0.715. The molecule has 32 heavy (non-hydrogen) atoms. The third kappa shape index (κ3) is 3.12. The lowest BCUT2D eigenvalue weighted by Gasteiger charge is -2.43. The van der Waals surface area contributed by atoms with Crippen LogP contribution < -0.4 is 0 Å². The Balaban J connectivity index is 1.56. The summed E-state index contributed by atoms with van der Waals surface area (Å²) in [5.74, 6) is -1.77. The van der Waals surface area contributed by atoms with Crippen molar-refractivity contribution in [3.05, 3.63) is 82.6 Å². The average molecular weight is 434 g/mol. The largest absolute Gasteiger partial charge is 0.446 e. The Labute approximate surface area is 187 Å². The summed E-state index contributed by atoms with van der Waals surface area (Å²) in [4.78, 5) is 27.8. The molecule has 3 atom stereocenters. The maximum atomic E-state index is 12.6. The molecule has 0 bridgehead atoms. The molecule has 2 saturated heterocycles. The van der Waals surface area contributed by atoms with E-state index in [0.29, 0.717) is 5.57 Å². The topological polar surface area (TPSA) is 68.3 Å². The van der Waals surface area contributed by atoms with E-state index in [-0.39, 0.29) is 18.4 Å². The summed E-state index contributed by atoms with van der Waals surface area (Å²) in [6, 6.07) is 15.2. The number of imide groups is 1. The summed E-state index contributed by atoms with van der Waals surface area (Å²) >= 11 is 0. The molecule has 0 saturated carbocycles. The number of amides is 3. The highest BCUT2D eigenvalue weighted by Gasteiger charge is 2.57. The van der Waals surface area contributed by atoms with Crippen LogP contribution >= 0.6 is 0 Å². The highest BCUT2D eigenvalue weighted by Crippen LogP contribution is 2.52. The van der Waals surface area contributed by atoms with Gasteiger partial charge in [0.2, 0.25) is 0 Å². The Hall–Kier alpha value is -3.16. The van der Waals surface area contributed by atoms with Crippen molar-refractivity contribution in [1.82, 2.24) is 9.80 Å². The van der Waals surface area contributed by atoms with E-state index < -0.39 is 24.2 Å². The van der Waals surface area contributed by atoms with Gasteiger partial charge >= 0.3 is 12.0 Å². The molecule has 2 aromatic rings. The molecule has 2 aromatic carbocycles. The molecule has 0 N–H and O–H groups in total. The van der Waals surface area contributed by atoms with Crippen molar-refractivity contribution < 1.29 is 23.8 Å². The van der Waals surface area contributed by atoms with E-state index in [1.54, 1.807) is 7.05 Å². The number of ether oxygens (including phenoxy) is 3. The molecular weight excluding hydrogens is 408 g/mol. The molecule has 7 nitrogen and oxygen atoms in total. The van der Waals surface area contributed by atoms with Gasteiger partial charge in [0.15, 0.2) is 0 Å². The van der Waals surface area contributed by atoms with Crippen molar-refractivity contribution in [1.29, 1.82) is 0 Å². The average Bonchev–Trinajstić information content (AvgIpc) is 3.15. The van der Waals surface area contributed by atoms with Gasteiger partial charge in [0.25, 0.3) is 5.91 Å². The molecular formula is C25H26N2O5. The minimum absolute atomic E-state index is 0.200. The van der Waals surface area contributed by atoms with Crippen LogP contribution in [0.5, 0.6) is 0 Å². The summed E-state index contributed by atoms with van der Waals surface area (Å²) in [7, 11) is 3.14. The van der Waals surface area contributed by atoms with Gasteiger partial charge < -0.3 is 19.1 Å². The van der Waals surface area contributed by atoms with Gasteiger partial charge in [-0.1, -0.05) is 48.5 Å². The van der Waals surface area contributed by atoms with Crippen LogP contribution in [-0.2, 0) is 19.0 Å². The highest BCUT2D eigenvalue weighted by molar-refractivity contribution is 6.07. The van der Waals surface area contributed by atoms with Gasteiger partial charge in [-0.05, 0) is 36.1 Å². The number of hydrogen-bond acceptors (Lipinski definition) is 5. The molecule has 166 valence electrons. The first-order chi connectivity index (χ1) is 15.3. The fourth-order valence-corrected chi connectivity index (χ4v) is 4.77. The number of aryl methyl sites for hydroxylation is 2. The number of carbonyl (C=O) groups is 2. The molecule has 0 radical (unpaired) electrons. The maximum Gasteiger partial charge on any atom is 0.330 e. The van der Waals surface area contributed by atoms with E-state index >= 15 is 0 Å². The minimum Gasteiger partial charge on any atom is -0.446 e. The molecule has 3 amide bonds. The lowest BCUT2D eigenvalue weighted by atomic mass is 9.93. The number of carbonyl (C=O) groups excluding carboxylic acids is 2. The lowest BCUT2D eigenvalue weighted by molar-refractivity contribution is -0.332. The molecule has 5 rings (SSSR count). The summed E-state index contributed by atoms with van der Waals surface area (Å²) in [5, 5.41) is 0. The Bertz CT molecular complexity index is 1070. The molecule has 3 aliphatic rings. The van der Waals surface area contributed by atoms with Crippen LogP contribution in [0, 0.1) is 13.8 Å². The van der Waals surface area contributed by atoms with Gasteiger partial charge in [-0.3, -0.25) is 9.69 Å². The number of urea groups is 1. The van der Waals surface area contributed by atoms with Crippen LogP contribution in [0.2, 0.25) is 0 Å². The minimum atomic E-state index is -1.40. The number of nitrogens with zero attached hydrogens (tertiary/aromatic N) is 2. The molecule has 1 spiro atoms. The fourth-order valence-electron chi connectivity index (χ4n) is 4.77. The van der Waals surface area contributed by atoms with E-state index in [4.69, 9.17) is 14.2 Å². The smallest absolute Gasteiger partial charge is 0.330 e. The van der Waals surface area contributed by atoms with Crippen LogP contribution in [0.4, 0.5) is 4.79 Å². The number of fused-ring (bicyclic) bond motifs is 1. The van der Waals surface area contributed by atoms with Crippen LogP contribution in [0.3, 0.4) is 0 Å². The van der Waals surface area contributed by atoms with E-state index in [2.05, 4.69) is 0 Å². The first-order valence-electron chi connectivity index (χ1n) is 10.7. The normalized spacial score (nSPS) is 26.8. The van der Waals surface area contributed by atoms with Gasteiger partial charge in [0.05, 0.1) is 18.0 Å². The van der Waals surface area contributed by atoms with E-state index in [1.165, 1.54) is 18.2 Å². The van der Waals surface area contributed by atoms with E-state index in [0.717, 1.165) is 27.2 Å². The predicted octanol–water partition coefficient (Wildman–Crippen LogP) is 3.98. The molecule has 0 aromatic heterocycles.